The van der Waals surface area contributed by atoms with Crippen LogP contribution in [0.5, 0.6) is 11.5 Å². The van der Waals surface area contributed by atoms with E-state index in [-0.39, 0.29) is 29.7 Å². The summed E-state index contributed by atoms with van der Waals surface area (Å²) in [6, 6.07) is 15.7. The molecule has 0 heterocycles. The summed E-state index contributed by atoms with van der Waals surface area (Å²) in [7, 11) is 1.63. The zero-order chi connectivity index (χ0) is 12.8. The zero-order valence-electron chi connectivity index (χ0n) is 12.3. The van der Waals surface area contributed by atoms with Crippen molar-refractivity contribution in [3.05, 3.63) is 59.7 Å². The van der Waals surface area contributed by atoms with Gasteiger partial charge >= 0.3 is 0 Å². The quantitative estimate of drug-likeness (QED) is 0.585. The maximum Gasteiger partial charge on any atom is 0.161 e. The number of methoxy groups -OCH3 is 1. The predicted octanol–water partition coefficient (Wildman–Crippen LogP) is 4.19. The van der Waals surface area contributed by atoms with Gasteiger partial charge in [0.05, 0.1) is 7.11 Å². The predicted molar refractivity (Wildman–Crippen MR) is 107 cm³/mol. The van der Waals surface area contributed by atoms with Crippen LogP contribution in [0.15, 0.2) is 48.5 Å². The summed E-state index contributed by atoms with van der Waals surface area (Å²) < 4.78 is 11.0. The molecule has 6 heteroatoms. The molecule has 0 aliphatic rings. The van der Waals surface area contributed by atoms with E-state index in [2.05, 4.69) is 0 Å². The molecule has 0 spiro atoms. The molecule has 0 aliphatic heterocycles. The van der Waals surface area contributed by atoms with Crippen LogP contribution in [0.1, 0.15) is 11.1 Å². The molecule has 0 aliphatic carbocycles. The second-order valence-corrected chi connectivity index (χ2v) is 4.16. The molecule has 3 unspecified atom stereocenters. The molecule has 3 atom stereocenters. The van der Waals surface area contributed by atoms with E-state index >= 15 is 0 Å². The third-order valence-corrected chi connectivity index (χ3v) is 2.93. The van der Waals surface area contributed by atoms with E-state index in [4.69, 9.17) is 21.1 Å². The molecule has 0 N–H and O–H groups in total. The molecule has 0 saturated heterocycles. The third-order valence-electron chi connectivity index (χ3n) is 2.62. The largest absolute Gasteiger partial charge is 0.493 e. The van der Waals surface area contributed by atoms with Crippen LogP contribution in [0.4, 0.5) is 0 Å². The van der Waals surface area contributed by atoms with E-state index in [0.717, 1.165) is 22.6 Å². The Morgan fingerprint density at radius 1 is 0.857 bits per heavy atom. The lowest BCUT2D eigenvalue weighted by molar-refractivity contribution is 0.284. The summed E-state index contributed by atoms with van der Waals surface area (Å²) in [6.07, 6.45) is 0. The van der Waals surface area contributed by atoms with Crippen molar-refractivity contribution in [1.82, 2.24) is 0 Å². The van der Waals surface area contributed by atoms with Crippen LogP contribution >= 0.6 is 41.3 Å². The highest BCUT2D eigenvalue weighted by molar-refractivity contribution is 6.92. The van der Waals surface area contributed by atoms with Gasteiger partial charge in [0.25, 0.3) is 0 Å². The Labute approximate surface area is 141 Å². The monoisotopic (exact) mass is 364 g/mol. The fourth-order valence-electron chi connectivity index (χ4n) is 1.65. The first kappa shape index (κ1) is 22.9. The molecule has 2 nitrogen and oxygen atoms in total. The van der Waals surface area contributed by atoms with Crippen molar-refractivity contribution in [2.24, 2.45) is 0 Å². The summed E-state index contributed by atoms with van der Waals surface area (Å²) in [5.41, 5.74) is 2.14. The second-order valence-electron chi connectivity index (χ2n) is 3.89. The SMILES string of the molecule is COc1ccc(CCl)cc1OCc1ccccc1.P.P.P. The van der Waals surface area contributed by atoms with Crippen LogP contribution in [0.3, 0.4) is 0 Å². The van der Waals surface area contributed by atoms with Crippen molar-refractivity contribution in [3.8, 4) is 11.5 Å². The molecule has 2 aromatic rings. The topological polar surface area (TPSA) is 18.5 Å². The van der Waals surface area contributed by atoms with E-state index < -0.39 is 0 Å². The van der Waals surface area contributed by atoms with Crippen molar-refractivity contribution in [3.63, 3.8) is 0 Å². The van der Waals surface area contributed by atoms with Gasteiger partial charge in [-0.1, -0.05) is 36.4 Å². The minimum absolute atomic E-state index is 0. The van der Waals surface area contributed by atoms with Gasteiger partial charge in [0, 0.05) is 5.88 Å². The Kier molecular flexibility index (Phi) is 13.3. The fraction of sp³-hybridized carbons (Fsp3) is 0.200. The molecule has 118 valence electrons. The first-order valence-electron chi connectivity index (χ1n) is 5.73. The normalized spacial score (nSPS) is 8.67. The van der Waals surface area contributed by atoms with Crippen molar-refractivity contribution in [2.45, 2.75) is 12.5 Å². The smallest absolute Gasteiger partial charge is 0.161 e. The fourth-order valence-corrected chi connectivity index (χ4v) is 1.82. The van der Waals surface area contributed by atoms with Crippen LogP contribution in [0, 0.1) is 0 Å². The Bertz CT molecular complexity index is 510. The summed E-state index contributed by atoms with van der Waals surface area (Å²) in [5, 5.41) is 0. The maximum atomic E-state index is 5.82. The lowest BCUT2D eigenvalue weighted by atomic mass is 10.2. The van der Waals surface area contributed by atoms with E-state index in [1.807, 2.05) is 48.5 Å². The Balaban J connectivity index is 0. The Morgan fingerprint density at radius 3 is 2.10 bits per heavy atom. The highest BCUT2D eigenvalue weighted by Gasteiger charge is 2.05. The molecule has 0 amide bonds. The van der Waals surface area contributed by atoms with Crippen molar-refractivity contribution < 1.29 is 9.47 Å². The molecule has 0 fully saturated rings. The van der Waals surface area contributed by atoms with Gasteiger partial charge in [0.2, 0.25) is 0 Å². The number of benzene rings is 2. The van der Waals surface area contributed by atoms with Crippen LogP contribution < -0.4 is 9.47 Å². The molecule has 0 radical (unpaired) electrons. The van der Waals surface area contributed by atoms with Gasteiger partial charge in [-0.2, -0.15) is 29.7 Å². The highest BCUT2D eigenvalue weighted by Crippen LogP contribution is 2.29. The maximum absolute atomic E-state index is 5.82. The van der Waals surface area contributed by atoms with Crippen molar-refractivity contribution >= 4 is 41.3 Å². The number of rotatable bonds is 5. The average molecular weight is 365 g/mol. The molecule has 2 aromatic carbocycles. The number of hydrogen-bond donors (Lipinski definition) is 0. The van der Waals surface area contributed by atoms with Gasteiger partial charge in [-0.15, -0.1) is 11.6 Å². The number of hydrogen-bond acceptors (Lipinski definition) is 2. The zero-order valence-corrected chi connectivity index (χ0v) is 17.3. The molecule has 0 aromatic heterocycles. The molecule has 21 heavy (non-hydrogen) atoms. The van der Waals surface area contributed by atoms with E-state index in [0.29, 0.717) is 12.5 Å². The van der Waals surface area contributed by atoms with Gasteiger partial charge in [0.1, 0.15) is 6.61 Å². The van der Waals surface area contributed by atoms with Gasteiger partial charge in [-0.25, -0.2) is 0 Å². The Morgan fingerprint density at radius 2 is 1.52 bits per heavy atom. The minimum Gasteiger partial charge on any atom is -0.493 e. The van der Waals surface area contributed by atoms with Gasteiger partial charge < -0.3 is 9.47 Å². The summed E-state index contributed by atoms with van der Waals surface area (Å²) in [6.45, 7) is 0.517. The van der Waals surface area contributed by atoms with E-state index in [9.17, 15) is 0 Å². The summed E-state index contributed by atoms with van der Waals surface area (Å²) in [4.78, 5) is 0. The average Bonchev–Trinajstić information content (AvgIpc) is 2.45. The number of alkyl halides is 1. The first-order chi connectivity index (χ1) is 8.83. The van der Waals surface area contributed by atoms with Crippen LogP contribution in [0.2, 0.25) is 0 Å². The molecule has 0 bridgehead atoms. The third kappa shape index (κ3) is 6.94. The first-order valence-corrected chi connectivity index (χ1v) is 6.26. The molecular weight excluding hydrogens is 341 g/mol. The highest BCUT2D eigenvalue weighted by atomic mass is 35.5. The van der Waals surface area contributed by atoms with Crippen LogP contribution in [-0.4, -0.2) is 7.11 Å². The molecule has 0 saturated carbocycles. The summed E-state index contributed by atoms with van der Waals surface area (Å²) in [5.74, 6) is 1.91. The molecule has 2 rings (SSSR count). The van der Waals surface area contributed by atoms with Gasteiger partial charge in [-0.05, 0) is 23.3 Å². The van der Waals surface area contributed by atoms with Crippen molar-refractivity contribution in [2.75, 3.05) is 7.11 Å². The lowest BCUT2D eigenvalue weighted by Gasteiger charge is -2.11. The van der Waals surface area contributed by atoms with E-state index in [1.54, 1.807) is 7.11 Å². The van der Waals surface area contributed by atoms with Gasteiger partial charge in [-0.3, -0.25) is 0 Å². The number of ether oxygens (including phenoxy) is 2. The Hall–Kier alpha value is -0.380. The van der Waals surface area contributed by atoms with E-state index in [1.165, 1.54) is 0 Å². The van der Waals surface area contributed by atoms with Gasteiger partial charge in [0.15, 0.2) is 11.5 Å². The standard InChI is InChI=1S/C15H15ClO2.3H3P/c1-17-14-8-7-13(10-16)9-15(14)18-11-12-5-3-2-4-6-12;;;/h2-9H,10-11H2,1H3;3*1H3. The lowest BCUT2D eigenvalue weighted by Crippen LogP contribution is -1.98. The summed E-state index contributed by atoms with van der Waals surface area (Å²) >= 11 is 5.82. The molecular formula is C15H24ClO2P3. The van der Waals surface area contributed by atoms with Crippen LogP contribution in [-0.2, 0) is 12.5 Å². The number of halogens is 1. The van der Waals surface area contributed by atoms with Crippen molar-refractivity contribution in [1.29, 1.82) is 0 Å². The second kappa shape index (κ2) is 12.2. The minimum atomic E-state index is 0. The van der Waals surface area contributed by atoms with Crippen LogP contribution in [0.25, 0.3) is 0 Å².